The monoisotopic (exact) mass is 719 g/mol. The zero-order valence-electron chi connectivity index (χ0n) is 31.4. The van der Waals surface area contributed by atoms with Crippen LogP contribution in [0, 0.1) is 17.7 Å². The zero-order chi connectivity index (χ0) is 37.7. The molecular formula is C38H54FN9O4. The Balaban J connectivity index is 1.36. The third-order valence-electron chi connectivity index (χ3n) is 10.5. The van der Waals surface area contributed by atoms with Gasteiger partial charge in [0.15, 0.2) is 0 Å². The van der Waals surface area contributed by atoms with E-state index < -0.39 is 41.5 Å². The summed E-state index contributed by atoms with van der Waals surface area (Å²) < 4.78 is 19.1. The number of amides is 4. The van der Waals surface area contributed by atoms with Crippen molar-refractivity contribution < 1.29 is 23.6 Å². The van der Waals surface area contributed by atoms with E-state index in [1.807, 2.05) is 34.7 Å². The van der Waals surface area contributed by atoms with Crippen molar-refractivity contribution >= 4 is 29.3 Å². The Morgan fingerprint density at radius 1 is 0.788 bits per heavy atom. The molecule has 2 fully saturated rings. The number of anilines is 1. The molecule has 0 unspecified atom stereocenters. The number of piperazine rings is 1. The molecule has 282 valence electrons. The molecule has 3 N–H and O–H groups in total. The molecule has 2 aliphatic rings. The van der Waals surface area contributed by atoms with Crippen LogP contribution in [0.15, 0.2) is 42.7 Å². The average molecular weight is 720 g/mol. The lowest BCUT2D eigenvalue weighted by atomic mass is 9.79. The number of hydrogen-bond acceptors (Lipinski definition) is 7. The highest BCUT2D eigenvalue weighted by atomic mass is 19.1. The van der Waals surface area contributed by atoms with Crippen molar-refractivity contribution in [3.63, 3.8) is 0 Å². The molecule has 0 spiro atoms. The molecule has 1 aliphatic heterocycles. The lowest BCUT2D eigenvalue weighted by molar-refractivity contribution is -0.135. The van der Waals surface area contributed by atoms with Crippen molar-refractivity contribution in [2.75, 3.05) is 38.5 Å². The SMILES string of the molecule is CC(C)n1nccc1C(=O)N[C@@H](C(=O)N1CCN(C)CC1)[C@@H](C)c1ccc(NC(=O)[C@@H](NC(=O)c2ccnn2C(C)C)[C@H]2CC[C@H](C)CC2)c(F)c1. The van der Waals surface area contributed by atoms with Crippen molar-refractivity contribution in [1.82, 2.24) is 40.0 Å². The van der Waals surface area contributed by atoms with E-state index in [0.29, 0.717) is 49.0 Å². The molecule has 1 aliphatic carbocycles. The first-order valence-electron chi connectivity index (χ1n) is 18.5. The number of halogens is 1. The van der Waals surface area contributed by atoms with Crippen LogP contribution in [0.5, 0.6) is 0 Å². The Morgan fingerprint density at radius 2 is 1.35 bits per heavy atom. The molecule has 1 saturated carbocycles. The summed E-state index contributed by atoms with van der Waals surface area (Å²) in [5.41, 5.74) is 1.12. The highest BCUT2D eigenvalue weighted by Crippen LogP contribution is 2.32. The Labute approximate surface area is 305 Å². The van der Waals surface area contributed by atoms with E-state index in [9.17, 15) is 19.2 Å². The molecule has 14 heteroatoms. The van der Waals surface area contributed by atoms with Gasteiger partial charge in [-0.05, 0) is 89.2 Å². The lowest BCUT2D eigenvalue weighted by Gasteiger charge is -2.36. The van der Waals surface area contributed by atoms with Gasteiger partial charge in [-0.25, -0.2) is 4.39 Å². The second kappa shape index (κ2) is 16.8. The molecule has 1 aromatic carbocycles. The molecule has 0 radical (unpaired) electrons. The van der Waals surface area contributed by atoms with Gasteiger partial charge in [0.25, 0.3) is 11.8 Å². The van der Waals surface area contributed by atoms with Crippen LogP contribution >= 0.6 is 0 Å². The minimum atomic E-state index is -0.987. The van der Waals surface area contributed by atoms with Crippen LogP contribution in [0.3, 0.4) is 0 Å². The van der Waals surface area contributed by atoms with Crippen molar-refractivity contribution in [1.29, 1.82) is 0 Å². The molecular weight excluding hydrogens is 665 g/mol. The largest absolute Gasteiger partial charge is 0.339 e. The van der Waals surface area contributed by atoms with Gasteiger partial charge < -0.3 is 25.8 Å². The fraction of sp³-hybridized carbons (Fsp3) is 0.579. The van der Waals surface area contributed by atoms with Gasteiger partial charge in [0.05, 0.1) is 5.69 Å². The van der Waals surface area contributed by atoms with E-state index in [0.717, 1.165) is 25.7 Å². The third-order valence-corrected chi connectivity index (χ3v) is 10.5. The maximum atomic E-state index is 15.9. The summed E-state index contributed by atoms with van der Waals surface area (Å²) in [6, 6.07) is 5.67. The molecule has 3 aromatic rings. The summed E-state index contributed by atoms with van der Waals surface area (Å²) in [6.45, 7) is 14.0. The lowest BCUT2D eigenvalue weighted by Crippen LogP contribution is -2.56. The van der Waals surface area contributed by atoms with Crippen LogP contribution in [-0.4, -0.2) is 98.3 Å². The van der Waals surface area contributed by atoms with Gasteiger partial charge in [-0.3, -0.25) is 28.5 Å². The first kappa shape index (κ1) is 38.6. The number of carbonyl (C=O) groups excluding carboxylic acids is 4. The van der Waals surface area contributed by atoms with Gasteiger partial charge in [0.1, 0.15) is 29.3 Å². The minimum absolute atomic E-state index is 0.0385. The van der Waals surface area contributed by atoms with Gasteiger partial charge >= 0.3 is 0 Å². The molecule has 5 rings (SSSR count). The number of nitrogens with zero attached hydrogens (tertiary/aromatic N) is 6. The Kier molecular flexibility index (Phi) is 12.5. The number of nitrogens with one attached hydrogen (secondary N) is 3. The molecule has 2 aromatic heterocycles. The topological polar surface area (TPSA) is 146 Å². The molecule has 3 atom stereocenters. The smallest absolute Gasteiger partial charge is 0.270 e. The molecule has 3 heterocycles. The van der Waals surface area contributed by atoms with E-state index in [1.165, 1.54) is 12.1 Å². The van der Waals surface area contributed by atoms with E-state index >= 15 is 4.39 Å². The second-order valence-corrected chi connectivity index (χ2v) is 15.1. The van der Waals surface area contributed by atoms with Gasteiger partial charge in [-0.2, -0.15) is 10.2 Å². The van der Waals surface area contributed by atoms with E-state index in [1.54, 1.807) is 51.8 Å². The number of carbonyl (C=O) groups is 4. The standard InChI is InChI=1S/C38H54FN9O4/c1-23(2)47-31(14-16-40-47)35(49)43-33(38(52)46-20-18-45(7)19-21-46)26(6)28-12-13-30(29(39)22-28)42-37(51)34(27-10-8-25(5)9-11-27)44-36(50)32-15-17-41-48(32)24(3)4/h12-17,22-27,33-34H,8-11,18-21H2,1-7H3,(H,42,51)(H,43,49)(H,44,50)/t25-,26-,27-,33+,34-/m0/s1. The van der Waals surface area contributed by atoms with E-state index in [2.05, 4.69) is 38.0 Å². The van der Waals surface area contributed by atoms with Gasteiger partial charge in [-0.15, -0.1) is 0 Å². The van der Waals surface area contributed by atoms with Crippen LogP contribution in [0.1, 0.15) is 112 Å². The van der Waals surface area contributed by atoms with Crippen LogP contribution in [0.25, 0.3) is 0 Å². The highest BCUT2D eigenvalue weighted by Gasteiger charge is 2.36. The summed E-state index contributed by atoms with van der Waals surface area (Å²) in [6.07, 6.45) is 6.48. The zero-order valence-corrected chi connectivity index (χ0v) is 31.4. The Bertz CT molecular complexity index is 1720. The summed E-state index contributed by atoms with van der Waals surface area (Å²) in [7, 11) is 1.99. The third kappa shape index (κ3) is 8.88. The summed E-state index contributed by atoms with van der Waals surface area (Å²) >= 11 is 0. The quantitative estimate of drug-likeness (QED) is 0.248. The van der Waals surface area contributed by atoms with Crippen LogP contribution in [0.4, 0.5) is 10.1 Å². The Morgan fingerprint density at radius 3 is 1.88 bits per heavy atom. The van der Waals surface area contributed by atoms with Gasteiger partial charge in [0.2, 0.25) is 11.8 Å². The predicted molar refractivity (Wildman–Crippen MR) is 196 cm³/mol. The van der Waals surface area contributed by atoms with Crippen molar-refractivity contribution in [3.05, 3.63) is 65.5 Å². The Hall–Kier alpha value is -4.59. The number of benzene rings is 1. The van der Waals surface area contributed by atoms with Crippen LogP contribution in [0.2, 0.25) is 0 Å². The van der Waals surface area contributed by atoms with Crippen molar-refractivity contribution in [3.8, 4) is 0 Å². The first-order valence-corrected chi connectivity index (χ1v) is 18.5. The normalized spacial score (nSPS) is 20.0. The summed E-state index contributed by atoms with van der Waals surface area (Å²) in [4.78, 5) is 58.8. The number of likely N-dealkylation sites (N-methyl/N-ethyl adjacent to an activating group) is 1. The fourth-order valence-electron chi connectivity index (χ4n) is 7.20. The number of aromatic nitrogens is 4. The predicted octanol–water partition coefficient (Wildman–Crippen LogP) is 4.62. The minimum Gasteiger partial charge on any atom is -0.339 e. The van der Waals surface area contributed by atoms with Crippen molar-refractivity contribution in [2.45, 2.75) is 97.3 Å². The fourth-order valence-corrected chi connectivity index (χ4v) is 7.20. The maximum Gasteiger partial charge on any atom is 0.270 e. The molecule has 13 nitrogen and oxygen atoms in total. The van der Waals surface area contributed by atoms with E-state index in [-0.39, 0.29) is 29.6 Å². The summed E-state index contributed by atoms with van der Waals surface area (Å²) in [5, 5.41) is 17.1. The number of rotatable bonds is 12. The number of hydrogen-bond donors (Lipinski definition) is 3. The highest BCUT2D eigenvalue weighted by molar-refractivity contribution is 6.01. The molecule has 4 amide bonds. The summed E-state index contributed by atoms with van der Waals surface area (Å²) in [5.74, 6) is -2.50. The van der Waals surface area contributed by atoms with Gasteiger partial charge in [0, 0.05) is 56.6 Å². The van der Waals surface area contributed by atoms with Crippen LogP contribution in [-0.2, 0) is 9.59 Å². The first-order chi connectivity index (χ1) is 24.7. The molecule has 52 heavy (non-hydrogen) atoms. The molecule has 0 bridgehead atoms. The van der Waals surface area contributed by atoms with Crippen LogP contribution < -0.4 is 16.0 Å². The van der Waals surface area contributed by atoms with E-state index in [4.69, 9.17) is 0 Å². The second-order valence-electron chi connectivity index (χ2n) is 15.1. The average Bonchev–Trinajstić information content (AvgIpc) is 3.82. The van der Waals surface area contributed by atoms with Gasteiger partial charge in [-0.1, -0.05) is 32.8 Å². The molecule has 1 saturated heterocycles. The maximum absolute atomic E-state index is 15.9. The van der Waals surface area contributed by atoms with Crippen molar-refractivity contribution in [2.24, 2.45) is 11.8 Å².